The Balaban J connectivity index is 3.38. The monoisotopic (exact) mass is 230 g/mol. The van der Waals surface area contributed by atoms with Crippen molar-refractivity contribution in [3.8, 4) is 5.75 Å². The minimum atomic E-state index is -3.81. The molecular formula is C8H10N2O4S. The Morgan fingerprint density at radius 3 is 2.40 bits per heavy atom. The Morgan fingerprint density at radius 1 is 1.40 bits per heavy atom. The Hall–Kier alpha value is -1.60. The average Bonchev–Trinajstić information content (AvgIpc) is 2.15. The average molecular weight is 230 g/mol. The first-order valence-electron chi connectivity index (χ1n) is 3.87. The molecule has 0 aliphatic rings. The van der Waals surface area contributed by atoms with Gasteiger partial charge in [-0.15, -0.1) is 0 Å². The van der Waals surface area contributed by atoms with Gasteiger partial charge in [0, 0.05) is 6.07 Å². The molecule has 0 aliphatic carbocycles. The molecule has 0 aliphatic heterocycles. The van der Waals surface area contributed by atoms with Gasteiger partial charge in [0.15, 0.2) is 0 Å². The van der Waals surface area contributed by atoms with Gasteiger partial charge in [-0.2, -0.15) is 0 Å². The summed E-state index contributed by atoms with van der Waals surface area (Å²) in [6.07, 6.45) is 0. The number of carbonyl (C=O) groups excluding carboxylic acids is 1. The number of methoxy groups -OCH3 is 1. The van der Waals surface area contributed by atoms with Crippen molar-refractivity contribution >= 4 is 15.9 Å². The van der Waals surface area contributed by atoms with Crippen molar-refractivity contribution in [3.63, 3.8) is 0 Å². The summed E-state index contributed by atoms with van der Waals surface area (Å²) in [5.74, 6) is -0.623. The highest BCUT2D eigenvalue weighted by atomic mass is 32.2. The summed E-state index contributed by atoms with van der Waals surface area (Å²) >= 11 is 0. The van der Waals surface area contributed by atoms with E-state index < -0.39 is 15.9 Å². The Labute approximate surface area is 86.9 Å². The SMILES string of the molecule is COc1cc(S(N)(=O)=O)ccc1C(N)=O. The van der Waals surface area contributed by atoms with Crippen molar-refractivity contribution < 1.29 is 17.9 Å². The highest BCUT2D eigenvalue weighted by molar-refractivity contribution is 7.89. The zero-order valence-corrected chi connectivity index (χ0v) is 8.74. The lowest BCUT2D eigenvalue weighted by Crippen LogP contribution is -2.15. The molecule has 0 atom stereocenters. The molecule has 0 heterocycles. The molecule has 1 aromatic carbocycles. The van der Waals surface area contributed by atoms with E-state index in [-0.39, 0.29) is 16.2 Å². The van der Waals surface area contributed by atoms with E-state index in [9.17, 15) is 13.2 Å². The van der Waals surface area contributed by atoms with Gasteiger partial charge in [0.2, 0.25) is 10.0 Å². The van der Waals surface area contributed by atoms with Gasteiger partial charge in [0.1, 0.15) is 5.75 Å². The minimum Gasteiger partial charge on any atom is -0.496 e. The third-order valence-electron chi connectivity index (χ3n) is 1.77. The molecule has 0 aromatic heterocycles. The molecule has 0 saturated heterocycles. The smallest absolute Gasteiger partial charge is 0.252 e. The molecular weight excluding hydrogens is 220 g/mol. The van der Waals surface area contributed by atoms with Crippen LogP contribution in [-0.4, -0.2) is 21.4 Å². The number of carbonyl (C=O) groups is 1. The van der Waals surface area contributed by atoms with Crippen molar-refractivity contribution in [2.45, 2.75) is 4.90 Å². The van der Waals surface area contributed by atoms with Crippen LogP contribution in [0.25, 0.3) is 0 Å². The second-order valence-corrected chi connectivity index (χ2v) is 4.33. The van der Waals surface area contributed by atoms with Crippen LogP contribution in [0.1, 0.15) is 10.4 Å². The van der Waals surface area contributed by atoms with Crippen molar-refractivity contribution in [2.75, 3.05) is 7.11 Å². The standard InChI is InChI=1S/C8H10N2O4S/c1-14-7-4-5(15(10,12)13)2-3-6(7)8(9)11/h2-4H,1H3,(H2,9,11)(H2,10,12,13). The van der Waals surface area contributed by atoms with Gasteiger partial charge in [0.05, 0.1) is 17.6 Å². The normalized spacial score (nSPS) is 11.1. The molecule has 0 saturated carbocycles. The summed E-state index contributed by atoms with van der Waals surface area (Å²) in [6, 6.07) is 3.59. The maximum absolute atomic E-state index is 11.0. The van der Waals surface area contributed by atoms with Crippen molar-refractivity contribution in [3.05, 3.63) is 23.8 Å². The Kier molecular flexibility index (Phi) is 2.96. The van der Waals surface area contributed by atoms with E-state index in [2.05, 4.69) is 0 Å². The molecule has 82 valence electrons. The lowest BCUT2D eigenvalue weighted by molar-refractivity contribution is 0.0997. The second kappa shape index (κ2) is 3.87. The van der Waals surface area contributed by atoms with E-state index in [1.807, 2.05) is 0 Å². The molecule has 0 spiro atoms. The van der Waals surface area contributed by atoms with E-state index in [4.69, 9.17) is 15.6 Å². The van der Waals surface area contributed by atoms with Crippen LogP contribution in [0.15, 0.2) is 23.1 Å². The fraction of sp³-hybridized carbons (Fsp3) is 0.125. The van der Waals surface area contributed by atoms with Crippen LogP contribution >= 0.6 is 0 Å². The summed E-state index contributed by atoms with van der Waals surface area (Å²) < 4.78 is 26.8. The largest absolute Gasteiger partial charge is 0.496 e. The summed E-state index contributed by atoms with van der Waals surface area (Å²) in [6.45, 7) is 0. The number of hydrogen-bond donors (Lipinski definition) is 2. The summed E-state index contributed by atoms with van der Waals surface area (Å²) in [5, 5.41) is 4.91. The first-order valence-corrected chi connectivity index (χ1v) is 5.41. The Bertz CT molecular complexity index is 495. The number of benzene rings is 1. The van der Waals surface area contributed by atoms with Crippen LogP contribution in [0.2, 0.25) is 0 Å². The predicted octanol–water partition coefficient (Wildman–Crippen LogP) is -0.559. The third-order valence-corrected chi connectivity index (χ3v) is 2.68. The third kappa shape index (κ3) is 2.45. The maximum Gasteiger partial charge on any atom is 0.252 e. The number of ether oxygens (including phenoxy) is 1. The highest BCUT2D eigenvalue weighted by Gasteiger charge is 2.14. The first kappa shape index (κ1) is 11.5. The van der Waals surface area contributed by atoms with E-state index in [1.165, 1.54) is 19.2 Å². The van der Waals surface area contributed by atoms with Gasteiger partial charge in [-0.05, 0) is 12.1 Å². The van der Waals surface area contributed by atoms with Gasteiger partial charge >= 0.3 is 0 Å². The van der Waals surface area contributed by atoms with Crippen LogP contribution in [0.3, 0.4) is 0 Å². The van der Waals surface area contributed by atoms with E-state index >= 15 is 0 Å². The van der Waals surface area contributed by atoms with Crippen molar-refractivity contribution in [2.24, 2.45) is 10.9 Å². The van der Waals surface area contributed by atoms with E-state index in [0.29, 0.717) is 0 Å². The molecule has 7 heteroatoms. The number of hydrogen-bond acceptors (Lipinski definition) is 4. The minimum absolute atomic E-state index is 0.0778. The van der Waals surface area contributed by atoms with Crippen LogP contribution in [0, 0.1) is 0 Å². The van der Waals surface area contributed by atoms with Gasteiger partial charge < -0.3 is 10.5 Å². The quantitative estimate of drug-likeness (QED) is 0.724. The van der Waals surface area contributed by atoms with Gasteiger partial charge in [-0.25, -0.2) is 13.6 Å². The Morgan fingerprint density at radius 2 is 2.00 bits per heavy atom. The number of amides is 1. The molecule has 1 rings (SSSR count). The van der Waals surface area contributed by atoms with Crippen molar-refractivity contribution in [1.82, 2.24) is 0 Å². The van der Waals surface area contributed by atoms with Gasteiger partial charge in [-0.3, -0.25) is 4.79 Å². The van der Waals surface area contributed by atoms with E-state index in [0.717, 1.165) is 6.07 Å². The van der Waals surface area contributed by atoms with Crippen LogP contribution in [0.4, 0.5) is 0 Å². The fourth-order valence-corrected chi connectivity index (χ4v) is 1.58. The molecule has 1 aromatic rings. The van der Waals surface area contributed by atoms with Gasteiger partial charge in [0.25, 0.3) is 5.91 Å². The molecule has 15 heavy (non-hydrogen) atoms. The fourth-order valence-electron chi connectivity index (χ4n) is 1.05. The number of primary amides is 1. The van der Waals surface area contributed by atoms with E-state index in [1.54, 1.807) is 0 Å². The molecule has 0 bridgehead atoms. The second-order valence-electron chi connectivity index (χ2n) is 2.77. The molecule has 4 N–H and O–H groups in total. The molecule has 0 radical (unpaired) electrons. The molecule has 0 fully saturated rings. The summed E-state index contributed by atoms with van der Waals surface area (Å²) in [7, 11) is -2.51. The lowest BCUT2D eigenvalue weighted by atomic mass is 10.2. The first-order chi connectivity index (χ1) is 6.86. The van der Waals surface area contributed by atoms with Crippen LogP contribution < -0.4 is 15.6 Å². The topological polar surface area (TPSA) is 112 Å². The van der Waals surface area contributed by atoms with Gasteiger partial charge in [-0.1, -0.05) is 0 Å². The van der Waals surface area contributed by atoms with Crippen LogP contribution in [-0.2, 0) is 10.0 Å². The summed E-state index contributed by atoms with van der Waals surface area (Å²) in [5.41, 5.74) is 5.15. The maximum atomic E-state index is 11.0. The zero-order valence-electron chi connectivity index (χ0n) is 7.93. The molecule has 6 nitrogen and oxygen atoms in total. The van der Waals surface area contributed by atoms with Crippen LogP contribution in [0.5, 0.6) is 5.75 Å². The molecule has 0 unspecified atom stereocenters. The number of nitrogens with two attached hydrogens (primary N) is 2. The number of primary sulfonamides is 1. The lowest BCUT2D eigenvalue weighted by Gasteiger charge is -2.06. The predicted molar refractivity (Wildman–Crippen MR) is 52.9 cm³/mol. The number of rotatable bonds is 3. The number of sulfonamides is 1. The zero-order chi connectivity index (χ0) is 11.6. The molecule has 1 amide bonds. The highest BCUT2D eigenvalue weighted by Crippen LogP contribution is 2.21. The summed E-state index contributed by atoms with van der Waals surface area (Å²) in [4.78, 5) is 10.8. The van der Waals surface area contributed by atoms with Crippen molar-refractivity contribution in [1.29, 1.82) is 0 Å².